The van der Waals surface area contributed by atoms with E-state index in [1.165, 1.54) is 41.3 Å². The van der Waals surface area contributed by atoms with Crippen molar-refractivity contribution in [1.29, 1.82) is 0 Å². The van der Waals surface area contributed by atoms with Crippen molar-refractivity contribution in [3.05, 3.63) is 65.7 Å². The van der Waals surface area contributed by atoms with Crippen molar-refractivity contribution in [3.63, 3.8) is 0 Å². The fraction of sp³-hybridized carbons (Fsp3) is 0.480. The van der Waals surface area contributed by atoms with Gasteiger partial charge in [-0.25, -0.2) is 8.42 Å². The van der Waals surface area contributed by atoms with Gasteiger partial charge in [0.2, 0.25) is 10.0 Å². The van der Waals surface area contributed by atoms with Gasteiger partial charge in [0.05, 0.1) is 24.7 Å². The van der Waals surface area contributed by atoms with Crippen molar-refractivity contribution in [3.8, 4) is 0 Å². The van der Waals surface area contributed by atoms with Gasteiger partial charge in [-0.05, 0) is 43.6 Å². The number of carbonyl (C=O) groups excluding carboxylic acids is 1. The second-order valence-corrected chi connectivity index (χ2v) is 10.6. The summed E-state index contributed by atoms with van der Waals surface area (Å²) < 4.78 is 32.2. The van der Waals surface area contributed by atoms with E-state index in [9.17, 15) is 13.2 Å². The van der Waals surface area contributed by atoms with Gasteiger partial charge >= 0.3 is 0 Å². The zero-order valence-corrected chi connectivity index (χ0v) is 19.8. The molecule has 33 heavy (non-hydrogen) atoms. The number of piperidine rings is 1. The molecule has 0 amide bonds. The van der Waals surface area contributed by atoms with Crippen LogP contribution in [0.4, 0.5) is 0 Å². The molecule has 0 aromatic heterocycles. The van der Waals surface area contributed by atoms with Gasteiger partial charge < -0.3 is 10.1 Å². The first-order valence-corrected chi connectivity index (χ1v) is 13.2. The van der Waals surface area contributed by atoms with Crippen LogP contribution in [0.1, 0.15) is 41.2 Å². The van der Waals surface area contributed by atoms with Crippen LogP contribution in [-0.4, -0.2) is 75.9 Å². The van der Waals surface area contributed by atoms with E-state index in [4.69, 9.17) is 4.74 Å². The summed E-state index contributed by atoms with van der Waals surface area (Å²) in [4.78, 5) is 15.5. The highest BCUT2D eigenvalue weighted by Crippen LogP contribution is 2.24. The van der Waals surface area contributed by atoms with Gasteiger partial charge in [0.1, 0.15) is 0 Å². The van der Waals surface area contributed by atoms with Crippen molar-refractivity contribution >= 4 is 15.8 Å². The number of ketones is 1. The number of nitrogens with one attached hydrogen (secondary N) is 1. The number of hydrogen-bond acceptors (Lipinski definition) is 6. The first-order valence-electron chi connectivity index (χ1n) is 11.8. The van der Waals surface area contributed by atoms with Crippen molar-refractivity contribution in [2.24, 2.45) is 0 Å². The lowest BCUT2D eigenvalue weighted by molar-refractivity contribution is 0.0730. The third kappa shape index (κ3) is 6.07. The Bertz CT molecular complexity index is 1000. The molecule has 2 aliphatic heterocycles. The minimum atomic E-state index is -3.55. The summed E-state index contributed by atoms with van der Waals surface area (Å²) in [5, 5.41) is 3.34. The lowest BCUT2D eigenvalue weighted by atomic mass is 10.0. The van der Waals surface area contributed by atoms with Crippen LogP contribution in [0.15, 0.2) is 59.5 Å². The number of sulfonamides is 1. The lowest BCUT2D eigenvalue weighted by Gasteiger charge is -2.35. The first kappa shape index (κ1) is 24.0. The monoisotopic (exact) mass is 471 g/mol. The Morgan fingerprint density at radius 2 is 1.58 bits per heavy atom. The van der Waals surface area contributed by atoms with E-state index in [0.717, 1.165) is 13.1 Å². The largest absolute Gasteiger partial charge is 0.379 e. The highest BCUT2D eigenvalue weighted by molar-refractivity contribution is 7.89. The van der Waals surface area contributed by atoms with Crippen LogP contribution < -0.4 is 5.32 Å². The fourth-order valence-electron chi connectivity index (χ4n) is 4.54. The maximum absolute atomic E-state index is 12.8. The Balaban J connectivity index is 1.35. The fourth-order valence-corrected chi connectivity index (χ4v) is 5.94. The molecule has 1 N–H and O–H groups in total. The molecule has 8 heteroatoms. The maximum atomic E-state index is 12.8. The van der Waals surface area contributed by atoms with E-state index in [2.05, 4.69) is 34.5 Å². The topological polar surface area (TPSA) is 79.0 Å². The minimum absolute atomic E-state index is 0.0456. The van der Waals surface area contributed by atoms with Crippen LogP contribution in [0.3, 0.4) is 0 Å². The molecule has 0 radical (unpaired) electrons. The lowest BCUT2D eigenvalue weighted by Crippen LogP contribution is -2.40. The number of morpholine rings is 1. The average Bonchev–Trinajstić information content (AvgIpc) is 2.88. The number of hydrogen-bond donors (Lipinski definition) is 1. The van der Waals surface area contributed by atoms with Crippen LogP contribution in [-0.2, 0) is 14.8 Å². The second kappa shape index (κ2) is 11.4. The molecule has 2 heterocycles. The molecule has 2 aromatic carbocycles. The summed E-state index contributed by atoms with van der Waals surface area (Å²) in [6.45, 7) is 4.58. The van der Waals surface area contributed by atoms with E-state index in [0.29, 0.717) is 38.4 Å². The summed E-state index contributed by atoms with van der Waals surface area (Å²) in [7, 11) is -3.55. The van der Waals surface area contributed by atoms with Gasteiger partial charge in [-0.1, -0.05) is 48.9 Å². The zero-order chi connectivity index (χ0) is 23.1. The number of nitrogens with zero attached hydrogens (tertiary/aromatic N) is 2. The molecule has 178 valence electrons. The van der Waals surface area contributed by atoms with Gasteiger partial charge in [0.25, 0.3) is 0 Å². The Labute approximate surface area is 196 Å². The number of rotatable bonds is 9. The molecule has 1 atom stereocenters. The summed E-state index contributed by atoms with van der Waals surface area (Å²) >= 11 is 0. The highest BCUT2D eigenvalue weighted by atomic mass is 32.2. The minimum Gasteiger partial charge on any atom is -0.379 e. The number of ether oxygens (including phenoxy) is 1. The maximum Gasteiger partial charge on any atom is 0.243 e. The van der Waals surface area contributed by atoms with Gasteiger partial charge in [0.15, 0.2) is 5.78 Å². The normalized spacial score (nSPS) is 19.3. The molecule has 0 saturated carbocycles. The van der Waals surface area contributed by atoms with E-state index in [-0.39, 0.29) is 23.3 Å². The van der Waals surface area contributed by atoms with Gasteiger partial charge in [0, 0.05) is 31.2 Å². The summed E-state index contributed by atoms with van der Waals surface area (Å²) in [5.74, 6) is -0.0456. The number of likely N-dealkylation sites (tertiary alicyclic amines) is 1. The molecular weight excluding hydrogens is 438 g/mol. The number of carbonyl (C=O) groups is 1. The Morgan fingerprint density at radius 1 is 0.909 bits per heavy atom. The van der Waals surface area contributed by atoms with Gasteiger partial charge in [-0.3, -0.25) is 9.69 Å². The molecule has 4 rings (SSSR count). The van der Waals surface area contributed by atoms with E-state index >= 15 is 0 Å². The van der Waals surface area contributed by atoms with Crippen LogP contribution >= 0.6 is 0 Å². The molecule has 0 aliphatic carbocycles. The van der Waals surface area contributed by atoms with Crippen LogP contribution in [0.2, 0.25) is 0 Å². The molecule has 2 aliphatic rings. The second-order valence-electron chi connectivity index (χ2n) is 8.62. The summed E-state index contributed by atoms with van der Waals surface area (Å²) in [6.07, 6.45) is 3.70. The molecule has 2 aromatic rings. The smallest absolute Gasteiger partial charge is 0.243 e. The predicted molar refractivity (Wildman–Crippen MR) is 128 cm³/mol. The Hall–Kier alpha value is -2.10. The van der Waals surface area contributed by atoms with Gasteiger partial charge in [-0.15, -0.1) is 0 Å². The van der Waals surface area contributed by atoms with Crippen LogP contribution in [0.5, 0.6) is 0 Å². The third-order valence-corrected chi connectivity index (χ3v) is 8.34. The van der Waals surface area contributed by atoms with Crippen molar-refractivity contribution in [2.75, 3.05) is 52.5 Å². The zero-order valence-electron chi connectivity index (χ0n) is 19.0. The van der Waals surface area contributed by atoms with E-state index in [1.54, 1.807) is 12.1 Å². The van der Waals surface area contributed by atoms with Crippen molar-refractivity contribution in [1.82, 2.24) is 14.5 Å². The molecule has 0 spiro atoms. The van der Waals surface area contributed by atoms with E-state index in [1.807, 2.05) is 6.07 Å². The molecule has 2 fully saturated rings. The van der Waals surface area contributed by atoms with Crippen LogP contribution in [0, 0.1) is 0 Å². The van der Waals surface area contributed by atoms with E-state index < -0.39 is 10.0 Å². The quantitative estimate of drug-likeness (QED) is 0.567. The van der Waals surface area contributed by atoms with Crippen molar-refractivity contribution < 1.29 is 17.9 Å². The van der Waals surface area contributed by atoms with Gasteiger partial charge in [-0.2, -0.15) is 4.31 Å². The number of benzene rings is 2. The Morgan fingerprint density at radius 3 is 2.24 bits per heavy atom. The van der Waals surface area contributed by atoms with Crippen molar-refractivity contribution in [2.45, 2.75) is 30.2 Å². The predicted octanol–water partition coefficient (Wildman–Crippen LogP) is 2.71. The molecular formula is C25H33N3O4S. The molecule has 0 bridgehead atoms. The average molecular weight is 472 g/mol. The number of Topliss-reactive ketones (excluding diaryl/α,β-unsaturated/α-hetero) is 1. The Kier molecular flexibility index (Phi) is 8.27. The third-order valence-electron chi connectivity index (χ3n) is 6.42. The summed E-state index contributed by atoms with van der Waals surface area (Å²) in [6, 6.07) is 16.9. The molecule has 7 nitrogen and oxygen atoms in total. The molecule has 2 saturated heterocycles. The van der Waals surface area contributed by atoms with Crippen LogP contribution in [0.25, 0.3) is 0 Å². The first-order chi connectivity index (χ1) is 16.1. The summed E-state index contributed by atoms with van der Waals surface area (Å²) in [5.41, 5.74) is 1.77. The highest BCUT2D eigenvalue weighted by Gasteiger charge is 2.26. The SMILES string of the molecule is O=C(CNCC(c1ccccc1)N1CCCCC1)c1ccc(S(=O)(=O)N2CCOCC2)cc1. The molecule has 1 unspecified atom stereocenters. The standard InChI is InChI=1S/C25H33N3O4S/c29-25(22-9-11-23(12-10-22)33(30,31)28-15-17-32-18-16-28)20-26-19-24(21-7-3-1-4-8-21)27-13-5-2-6-14-27/h1,3-4,7-12,24,26H,2,5-6,13-20H2.